The van der Waals surface area contributed by atoms with Crippen molar-refractivity contribution >= 4 is 5.91 Å². The molecule has 0 aliphatic heterocycles. The molecule has 88 valence electrons. The fraction of sp³-hybridized carbons (Fsp3) is 0.182. The van der Waals surface area contributed by atoms with Gasteiger partial charge in [0.25, 0.3) is 5.91 Å². The Morgan fingerprint density at radius 1 is 1.59 bits per heavy atom. The topological polar surface area (TPSA) is 68.0 Å². The molecule has 2 aromatic heterocycles. The van der Waals surface area contributed by atoms with Gasteiger partial charge in [-0.25, -0.2) is 4.39 Å². The molecule has 1 N–H and O–H groups in total. The number of aryl methyl sites for hydroxylation is 1. The largest absolute Gasteiger partial charge is 0.361 e. The fourth-order valence-corrected chi connectivity index (χ4v) is 1.28. The molecule has 0 aliphatic rings. The van der Waals surface area contributed by atoms with E-state index in [9.17, 15) is 9.18 Å². The molecule has 0 spiro atoms. The van der Waals surface area contributed by atoms with E-state index in [1.165, 1.54) is 24.4 Å². The molecule has 0 aromatic carbocycles. The van der Waals surface area contributed by atoms with Crippen molar-refractivity contribution in [2.24, 2.45) is 0 Å². The van der Waals surface area contributed by atoms with Gasteiger partial charge in [-0.15, -0.1) is 0 Å². The second-order valence-electron chi connectivity index (χ2n) is 3.44. The minimum atomic E-state index is -0.455. The van der Waals surface area contributed by atoms with Gasteiger partial charge in [0, 0.05) is 12.3 Å². The van der Waals surface area contributed by atoms with Crippen molar-refractivity contribution in [1.29, 1.82) is 0 Å². The van der Waals surface area contributed by atoms with Gasteiger partial charge in [0.05, 0.1) is 12.2 Å². The van der Waals surface area contributed by atoms with E-state index in [1.807, 2.05) is 0 Å². The predicted octanol–water partition coefficient (Wildman–Crippen LogP) is 1.45. The van der Waals surface area contributed by atoms with E-state index in [1.54, 1.807) is 6.92 Å². The summed E-state index contributed by atoms with van der Waals surface area (Å²) in [4.78, 5) is 15.4. The molecule has 0 atom stereocenters. The van der Waals surface area contributed by atoms with Crippen molar-refractivity contribution in [2.75, 3.05) is 0 Å². The highest BCUT2D eigenvalue weighted by molar-refractivity contribution is 5.92. The van der Waals surface area contributed by atoms with Crippen LogP contribution in [0.25, 0.3) is 0 Å². The summed E-state index contributed by atoms with van der Waals surface area (Å²) < 4.78 is 18.0. The molecular formula is C11H10FN3O2. The van der Waals surface area contributed by atoms with E-state index in [4.69, 9.17) is 4.52 Å². The molecular weight excluding hydrogens is 225 g/mol. The van der Waals surface area contributed by atoms with Gasteiger partial charge in [-0.2, -0.15) is 0 Å². The predicted molar refractivity (Wildman–Crippen MR) is 56.6 cm³/mol. The Bertz CT molecular complexity index is 539. The number of hydrogen-bond donors (Lipinski definition) is 1. The smallest absolute Gasteiger partial charge is 0.273 e. The van der Waals surface area contributed by atoms with E-state index >= 15 is 0 Å². The van der Waals surface area contributed by atoms with E-state index in [0.717, 1.165) is 0 Å². The number of amides is 1. The van der Waals surface area contributed by atoms with E-state index in [-0.39, 0.29) is 17.9 Å². The highest BCUT2D eigenvalue weighted by Crippen LogP contribution is 2.04. The molecule has 0 bridgehead atoms. The van der Waals surface area contributed by atoms with Gasteiger partial charge in [-0.3, -0.25) is 9.78 Å². The summed E-state index contributed by atoms with van der Waals surface area (Å²) in [7, 11) is 0. The second-order valence-corrected chi connectivity index (χ2v) is 3.44. The molecule has 2 aromatic rings. The number of rotatable bonds is 3. The van der Waals surface area contributed by atoms with Crippen LogP contribution in [-0.2, 0) is 6.54 Å². The van der Waals surface area contributed by atoms with Crippen molar-refractivity contribution < 1.29 is 13.7 Å². The lowest BCUT2D eigenvalue weighted by atomic mass is 10.3. The standard InChI is InChI=1S/C11H10FN3O2/c1-7-5-9(15-17-7)11(16)14-6-10-8(12)3-2-4-13-10/h2-5H,6H2,1H3,(H,14,16). The van der Waals surface area contributed by atoms with Crippen molar-refractivity contribution in [2.45, 2.75) is 13.5 Å². The Balaban J connectivity index is 1.99. The Morgan fingerprint density at radius 2 is 2.41 bits per heavy atom. The summed E-state index contributed by atoms with van der Waals surface area (Å²) in [6, 6.07) is 4.28. The Labute approximate surface area is 96.6 Å². The van der Waals surface area contributed by atoms with Gasteiger partial charge >= 0.3 is 0 Å². The van der Waals surface area contributed by atoms with Crippen LogP contribution in [0, 0.1) is 12.7 Å². The maximum atomic E-state index is 13.2. The molecule has 0 saturated carbocycles. The van der Waals surface area contributed by atoms with Crippen LogP contribution in [0.3, 0.4) is 0 Å². The first-order chi connectivity index (χ1) is 8.16. The zero-order valence-electron chi connectivity index (χ0n) is 9.11. The molecule has 2 rings (SSSR count). The molecule has 6 heteroatoms. The summed E-state index contributed by atoms with van der Waals surface area (Å²) in [5.41, 5.74) is 0.347. The highest BCUT2D eigenvalue weighted by atomic mass is 19.1. The SMILES string of the molecule is Cc1cc(C(=O)NCc2ncccc2F)no1. The van der Waals surface area contributed by atoms with Gasteiger partial charge in [0.1, 0.15) is 11.6 Å². The lowest BCUT2D eigenvalue weighted by Crippen LogP contribution is -2.24. The highest BCUT2D eigenvalue weighted by Gasteiger charge is 2.11. The fourth-order valence-electron chi connectivity index (χ4n) is 1.28. The summed E-state index contributed by atoms with van der Waals surface area (Å²) in [6.07, 6.45) is 1.46. The number of pyridine rings is 1. The van der Waals surface area contributed by atoms with Crippen molar-refractivity contribution in [3.05, 3.63) is 47.4 Å². The number of nitrogens with zero attached hydrogens (tertiary/aromatic N) is 2. The number of carbonyl (C=O) groups excluding carboxylic acids is 1. The quantitative estimate of drug-likeness (QED) is 0.874. The molecule has 0 fully saturated rings. The van der Waals surface area contributed by atoms with Crippen LogP contribution in [0.2, 0.25) is 0 Å². The maximum Gasteiger partial charge on any atom is 0.273 e. The normalized spacial score (nSPS) is 10.2. The number of hydrogen-bond acceptors (Lipinski definition) is 4. The molecule has 2 heterocycles. The van der Waals surface area contributed by atoms with E-state index in [2.05, 4.69) is 15.5 Å². The zero-order valence-corrected chi connectivity index (χ0v) is 9.11. The first kappa shape index (κ1) is 11.3. The molecule has 1 amide bonds. The maximum absolute atomic E-state index is 13.2. The summed E-state index contributed by atoms with van der Waals surface area (Å²) in [6.45, 7) is 1.69. The minimum absolute atomic E-state index is 0.0113. The molecule has 0 radical (unpaired) electrons. The first-order valence-electron chi connectivity index (χ1n) is 4.98. The van der Waals surface area contributed by atoms with Crippen LogP contribution in [0.1, 0.15) is 21.9 Å². The third-order valence-corrected chi connectivity index (χ3v) is 2.11. The molecule has 0 aliphatic carbocycles. The lowest BCUT2D eigenvalue weighted by Gasteiger charge is -2.02. The van der Waals surface area contributed by atoms with Crippen LogP contribution in [-0.4, -0.2) is 16.0 Å². The average molecular weight is 235 g/mol. The van der Waals surface area contributed by atoms with Crippen LogP contribution >= 0.6 is 0 Å². The lowest BCUT2D eigenvalue weighted by molar-refractivity contribution is 0.0941. The zero-order chi connectivity index (χ0) is 12.3. The Hall–Kier alpha value is -2.24. The molecule has 5 nitrogen and oxygen atoms in total. The summed E-state index contributed by atoms with van der Waals surface area (Å²) in [5.74, 6) is -0.338. The molecule has 0 unspecified atom stereocenters. The second kappa shape index (κ2) is 4.73. The summed E-state index contributed by atoms with van der Waals surface area (Å²) in [5, 5.41) is 6.05. The van der Waals surface area contributed by atoms with Crippen molar-refractivity contribution in [1.82, 2.24) is 15.5 Å². The van der Waals surface area contributed by atoms with Crippen LogP contribution in [0.5, 0.6) is 0 Å². The van der Waals surface area contributed by atoms with E-state index < -0.39 is 11.7 Å². The van der Waals surface area contributed by atoms with Crippen LogP contribution in [0.15, 0.2) is 28.9 Å². The average Bonchev–Trinajstić information content (AvgIpc) is 2.74. The van der Waals surface area contributed by atoms with Crippen LogP contribution in [0.4, 0.5) is 4.39 Å². The number of aromatic nitrogens is 2. The van der Waals surface area contributed by atoms with Crippen LogP contribution < -0.4 is 5.32 Å². The van der Waals surface area contributed by atoms with Gasteiger partial charge < -0.3 is 9.84 Å². The molecule has 0 saturated heterocycles. The Morgan fingerprint density at radius 3 is 3.06 bits per heavy atom. The van der Waals surface area contributed by atoms with Gasteiger partial charge in [0.2, 0.25) is 0 Å². The number of nitrogens with one attached hydrogen (secondary N) is 1. The Kier molecular flexibility index (Phi) is 3.13. The minimum Gasteiger partial charge on any atom is -0.361 e. The van der Waals surface area contributed by atoms with Gasteiger partial charge in [-0.1, -0.05) is 5.16 Å². The first-order valence-corrected chi connectivity index (χ1v) is 4.98. The number of halogens is 1. The van der Waals surface area contributed by atoms with Gasteiger partial charge in [0.15, 0.2) is 5.69 Å². The van der Waals surface area contributed by atoms with Gasteiger partial charge in [-0.05, 0) is 19.1 Å². The monoisotopic (exact) mass is 235 g/mol. The van der Waals surface area contributed by atoms with Crippen molar-refractivity contribution in [3.8, 4) is 0 Å². The van der Waals surface area contributed by atoms with Crippen molar-refractivity contribution in [3.63, 3.8) is 0 Å². The molecule has 17 heavy (non-hydrogen) atoms. The van der Waals surface area contributed by atoms with E-state index in [0.29, 0.717) is 5.76 Å². The third-order valence-electron chi connectivity index (χ3n) is 2.11. The third kappa shape index (κ3) is 2.66. The number of carbonyl (C=O) groups is 1. The summed E-state index contributed by atoms with van der Waals surface area (Å²) >= 11 is 0.